The molecular weight excluding hydrogens is 198 g/mol. The van der Waals surface area contributed by atoms with E-state index in [4.69, 9.17) is 0 Å². The average molecular weight is 213 g/mol. The van der Waals surface area contributed by atoms with Gasteiger partial charge in [-0.25, -0.2) is 4.68 Å². The highest BCUT2D eigenvalue weighted by Crippen LogP contribution is 2.20. The number of hydrogen-bond donors (Lipinski definition) is 1. The van der Waals surface area contributed by atoms with Crippen molar-refractivity contribution in [3.8, 4) is 0 Å². The molecule has 0 unspecified atom stereocenters. The van der Waals surface area contributed by atoms with Crippen LogP contribution in [-0.4, -0.2) is 27.0 Å². The number of rotatable bonds is 1. The van der Waals surface area contributed by atoms with Crippen LogP contribution in [0.2, 0.25) is 0 Å². The number of aryl methyl sites for hydroxylation is 1. The summed E-state index contributed by atoms with van der Waals surface area (Å²) in [4.78, 5) is 5.60. The molecule has 5 heteroatoms. The molecule has 0 saturated heterocycles. The Bertz CT molecular complexity index is 349. The fourth-order valence-corrected chi connectivity index (χ4v) is 2.42. The molecular formula is C9H15N3OS. The van der Waals surface area contributed by atoms with E-state index in [0.717, 1.165) is 30.5 Å². The van der Waals surface area contributed by atoms with Gasteiger partial charge in [-0.15, -0.1) is 0 Å². The molecule has 4 nitrogen and oxygen atoms in total. The monoisotopic (exact) mass is 213 g/mol. The SMILES string of the molecule is Cn1ncsc1=NC1CCC(O)CC1. The molecule has 14 heavy (non-hydrogen) atoms. The first-order valence-corrected chi connectivity index (χ1v) is 5.82. The Labute approximate surface area is 86.9 Å². The number of hydrogen-bond acceptors (Lipinski definition) is 4. The van der Waals surface area contributed by atoms with E-state index in [2.05, 4.69) is 10.1 Å². The topological polar surface area (TPSA) is 50.4 Å². The molecule has 0 spiro atoms. The van der Waals surface area contributed by atoms with E-state index in [-0.39, 0.29) is 6.10 Å². The molecule has 1 aliphatic carbocycles. The lowest BCUT2D eigenvalue weighted by Gasteiger charge is -2.21. The van der Waals surface area contributed by atoms with Crippen molar-refractivity contribution in [2.75, 3.05) is 0 Å². The Morgan fingerprint density at radius 2 is 2.21 bits per heavy atom. The summed E-state index contributed by atoms with van der Waals surface area (Å²) in [5.74, 6) is 0. The summed E-state index contributed by atoms with van der Waals surface area (Å²) in [7, 11) is 1.91. The Hall–Kier alpha value is -0.680. The van der Waals surface area contributed by atoms with E-state index in [1.165, 1.54) is 0 Å². The van der Waals surface area contributed by atoms with Gasteiger partial charge in [0.15, 0.2) is 0 Å². The summed E-state index contributed by atoms with van der Waals surface area (Å²) in [6.07, 6.45) is 3.67. The number of aliphatic hydroxyl groups excluding tert-OH is 1. The maximum absolute atomic E-state index is 9.35. The van der Waals surface area contributed by atoms with Crippen molar-refractivity contribution in [2.24, 2.45) is 12.0 Å². The molecule has 1 aliphatic rings. The Balaban J connectivity index is 2.08. The second-order valence-corrected chi connectivity index (χ2v) is 4.55. The minimum Gasteiger partial charge on any atom is -0.393 e. The fourth-order valence-electron chi connectivity index (χ4n) is 1.72. The van der Waals surface area contributed by atoms with Crippen LogP contribution in [-0.2, 0) is 7.05 Å². The minimum atomic E-state index is -0.100. The highest BCUT2D eigenvalue weighted by atomic mass is 32.1. The van der Waals surface area contributed by atoms with Gasteiger partial charge < -0.3 is 5.11 Å². The van der Waals surface area contributed by atoms with Crippen LogP contribution in [0.5, 0.6) is 0 Å². The highest BCUT2D eigenvalue weighted by Gasteiger charge is 2.18. The predicted molar refractivity (Wildman–Crippen MR) is 54.9 cm³/mol. The van der Waals surface area contributed by atoms with Crippen molar-refractivity contribution in [2.45, 2.75) is 37.8 Å². The smallest absolute Gasteiger partial charge is 0.202 e. The summed E-state index contributed by atoms with van der Waals surface area (Å²) in [5, 5.41) is 13.4. The third kappa shape index (κ3) is 2.22. The molecule has 0 bridgehead atoms. The third-order valence-electron chi connectivity index (χ3n) is 2.61. The van der Waals surface area contributed by atoms with E-state index in [1.54, 1.807) is 21.5 Å². The number of aromatic nitrogens is 2. The number of nitrogens with zero attached hydrogens (tertiary/aromatic N) is 3. The highest BCUT2D eigenvalue weighted by molar-refractivity contribution is 7.06. The first kappa shape index (κ1) is 9.86. The molecule has 0 atom stereocenters. The molecule has 1 heterocycles. The van der Waals surface area contributed by atoms with E-state index >= 15 is 0 Å². The first-order chi connectivity index (χ1) is 6.75. The largest absolute Gasteiger partial charge is 0.393 e. The average Bonchev–Trinajstić information content (AvgIpc) is 2.56. The molecule has 1 aromatic heterocycles. The van der Waals surface area contributed by atoms with Gasteiger partial charge in [0.25, 0.3) is 0 Å². The van der Waals surface area contributed by atoms with Crippen molar-refractivity contribution in [1.29, 1.82) is 0 Å². The van der Waals surface area contributed by atoms with E-state index in [1.807, 2.05) is 7.05 Å². The van der Waals surface area contributed by atoms with Crippen molar-refractivity contribution in [3.05, 3.63) is 10.3 Å². The zero-order chi connectivity index (χ0) is 9.97. The van der Waals surface area contributed by atoms with Gasteiger partial charge in [-0.05, 0) is 25.7 Å². The maximum Gasteiger partial charge on any atom is 0.202 e. The van der Waals surface area contributed by atoms with Gasteiger partial charge in [0.05, 0.1) is 12.1 Å². The molecule has 0 aromatic carbocycles. The lowest BCUT2D eigenvalue weighted by molar-refractivity contribution is 0.123. The van der Waals surface area contributed by atoms with Crippen LogP contribution in [0.15, 0.2) is 10.5 Å². The van der Waals surface area contributed by atoms with Gasteiger partial charge in [-0.2, -0.15) is 5.10 Å². The lowest BCUT2D eigenvalue weighted by atomic mass is 9.94. The van der Waals surface area contributed by atoms with Gasteiger partial charge in [0.2, 0.25) is 4.80 Å². The Kier molecular flexibility index (Phi) is 2.98. The quantitative estimate of drug-likeness (QED) is 0.746. The van der Waals surface area contributed by atoms with Crippen LogP contribution in [0.25, 0.3) is 0 Å². The number of aliphatic hydroxyl groups is 1. The van der Waals surface area contributed by atoms with E-state index in [0.29, 0.717) is 6.04 Å². The van der Waals surface area contributed by atoms with Gasteiger partial charge in [-0.1, -0.05) is 11.3 Å². The zero-order valence-electron chi connectivity index (χ0n) is 8.26. The fraction of sp³-hybridized carbons (Fsp3) is 0.778. The molecule has 0 radical (unpaired) electrons. The van der Waals surface area contributed by atoms with Crippen LogP contribution in [0.3, 0.4) is 0 Å². The van der Waals surface area contributed by atoms with Gasteiger partial charge in [-0.3, -0.25) is 4.99 Å². The zero-order valence-corrected chi connectivity index (χ0v) is 9.07. The van der Waals surface area contributed by atoms with Crippen LogP contribution >= 0.6 is 11.3 Å². The standard InChI is InChI=1S/C9H15N3OS/c1-12-9(14-6-10-12)11-7-2-4-8(13)5-3-7/h6-8,13H,2-5H2,1H3. The first-order valence-electron chi connectivity index (χ1n) is 4.94. The van der Waals surface area contributed by atoms with Crippen LogP contribution in [0.4, 0.5) is 0 Å². The predicted octanol–water partition coefficient (Wildman–Crippen LogP) is 0.686. The van der Waals surface area contributed by atoms with E-state index in [9.17, 15) is 5.11 Å². The lowest BCUT2D eigenvalue weighted by Crippen LogP contribution is -2.24. The van der Waals surface area contributed by atoms with Crippen LogP contribution in [0, 0.1) is 0 Å². The summed E-state index contributed by atoms with van der Waals surface area (Å²) >= 11 is 1.57. The summed E-state index contributed by atoms with van der Waals surface area (Å²) in [5.41, 5.74) is 1.80. The molecule has 0 aliphatic heterocycles. The van der Waals surface area contributed by atoms with Crippen molar-refractivity contribution in [1.82, 2.24) is 9.78 Å². The molecule has 1 fully saturated rings. The third-order valence-corrected chi connectivity index (χ3v) is 3.39. The Morgan fingerprint density at radius 1 is 1.50 bits per heavy atom. The summed E-state index contributed by atoms with van der Waals surface area (Å²) in [6, 6.07) is 0.380. The summed E-state index contributed by atoms with van der Waals surface area (Å²) < 4.78 is 1.80. The maximum atomic E-state index is 9.35. The second-order valence-electron chi connectivity index (χ2n) is 3.74. The molecule has 1 N–H and O–H groups in total. The van der Waals surface area contributed by atoms with Crippen LogP contribution < -0.4 is 4.80 Å². The molecule has 2 rings (SSSR count). The van der Waals surface area contributed by atoms with Gasteiger partial charge >= 0.3 is 0 Å². The summed E-state index contributed by atoms with van der Waals surface area (Å²) in [6.45, 7) is 0. The minimum absolute atomic E-state index is 0.100. The van der Waals surface area contributed by atoms with Crippen molar-refractivity contribution >= 4 is 11.3 Å². The van der Waals surface area contributed by atoms with Crippen molar-refractivity contribution < 1.29 is 5.11 Å². The van der Waals surface area contributed by atoms with E-state index < -0.39 is 0 Å². The molecule has 1 aromatic rings. The van der Waals surface area contributed by atoms with Gasteiger partial charge in [0.1, 0.15) is 5.51 Å². The normalized spacial score (nSPS) is 29.4. The van der Waals surface area contributed by atoms with Crippen LogP contribution in [0.1, 0.15) is 25.7 Å². The van der Waals surface area contributed by atoms with Gasteiger partial charge in [0, 0.05) is 7.05 Å². The van der Waals surface area contributed by atoms with Crippen molar-refractivity contribution in [3.63, 3.8) is 0 Å². The molecule has 0 amide bonds. The molecule has 1 saturated carbocycles. The second kappa shape index (κ2) is 4.23. The molecule has 78 valence electrons. The Morgan fingerprint density at radius 3 is 2.79 bits per heavy atom.